The van der Waals surface area contributed by atoms with Crippen LogP contribution in [-0.4, -0.2) is 29.9 Å². The van der Waals surface area contributed by atoms with Gasteiger partial charge in [0.05, 0.1) is 23.4 Å². The molecule has 3 rings (SSSR count). The minimum absolute atomic E-state index is 0.0118. The van der Waals surface area contributed by atoms with E-state index in [2.05, 4.69) is 4.98 Å². The highest BCUT2D eigenvalue weighted by Gasteiger charge is 2.14. The average molecular weight is 326 g/mol. The van der Waals surface area contributed by atoms with Crippen molar-refractivity contribution >= 4 is 27.5 Å². The van der Waals surface area contributed by atoms with Crippen molar-refractivity contribution in [3.05, 3.63) is 64.7 Å². The Morgan fingerprint density at radius 1 is 1.22 bits per heavy atom. The quantitative estimate of drug-likeness (QED) is 0.718. The van der Waals surface area contributed by atoms with E-state index in [0.29, 0.717) is 18.7 Å². The zero-order valence-electron chi connectivity index (χ0n) is 13.2. The Hall–Kier alpha value is -2.24. The Bertz CT molecular complexity index is 796. The molecule has 0 spiro atoms. The predicted molar refractivity (Wildman–Crippen MR) is 92.6 cm³/mol. The van der Waals surface area contributed by atoms with E-state index in [0.717, 1.165) is 20.8 Å². The lowest BCUT2D eigenvalue weighted by Crippen LogP contribution is -2.26. The van der Waals surface area contributed by atoms with Crippen LogP contribution in [0.25, 0.3) is 10.2 Å². The molecule has 0 N–H and O–H groups in total. The van der Waals surface area contributed by atoms with Gasteiger partial charge >= 0.3 is 0 Å². The fraction of sp³-hybridized carbons (Fsp3) is 0.222. The van der Waals surface area contributed by atoms with E-state index >= 15 is 0 Å². The van der Waals surface area contributed by atoms with Crippen LogP contribution in [-0.2, 0) is 17.9 Å². The SMILES string of the molecule is COCc1cccc(C(=O)N(C)Cc2nc3ccccc3s2)c1. The van der Waals surface area contributed by atoms with Gasteiger partial charge in [0.1, 0.15) is 5.01 Å². The molecule has 118 valence electrons. The summed E-state index contributed by atoms with van der Waals surface area (Å²) in [5.41, 5.74) is 2.64. The summed E-state index contributed by atoms with van der Waals surface area (Å²) in [6, 6.07) is 15.6. The molecule has 1 heterocycles. The van der Waals surface area contributed by atoms with E-state index in [-0.39, 0.29) is 5.91 Å². The number of methoxy groups -OCH3 is 1. The van der Waals surface area contributed by atoms with Crippen LogP contribution < -0.4 is 0 Å². The smallest absolute Gasteiger partial charge is 0.253 e. The highest BCUT2D eigenvalue weighted by molar-refractivity contribution is 7.18. The predicted octanol–water partition coefficient (Wildman–Crippen LogP) is 3.71. The first-order valence-electron chi connectivity index (χ1n) is 7.35. The molecular formula is C18H18N2O2S. The molecule has 4 nitrogen and oxygen atoms in total. The number of rotatable bonds is 5. The van der Waals surface area contributed by atoms with Gasteiger partial charge in [-0.15, -0.1) is 11.3 Å². The summed E-state index contributed by atoms with van der Waals surface area (Å²) < 4.78 is 6.26. The van der Waals surface area contributed by atoms with Gasteiger partial charge in [-0.2, -0.15) is 0 Å². The van der Waals surface area contributed by atoms with Gasteiger partial charge in [0, 0.05) is 19.7 Å². The minimum Gasteiger partial charge on any atom is -0.380 e. The molecule has 5 heteroatoms. The van der Waals surface area contributed by atoms with Gasteiger partial charge < -0.3 is 9.64 Å². The van der Waals surface area contributed by atoms with Gasteiger partial charge in [0.15, 0.2) is 0 Å². The second kappa shape index (κ2) is 6.89. The molecule has 0 bridgehead atoms. The number of carbonyl (C=O) groups is 1. The molecule has 0 fully saturated rings. The number of nitrogens with zero attached hydrogens (tertiary/aromatic N) is 2. The van der Waals surface area contributed by atoms with Crippen LogP contribution in [0.5, 0.6) is 0 Å². The van der Waals surface area contributed by atoms with E-state index in [1.807, 2.05) is 48.5 Å². The molecule has 0 aliphatic rings. The number of ether oxygens (including phenoxy) is 1. The number of hydrogen-bond donors (Lipinski definition) is 0. The van der Waals surface area contributed by atoms with Crippen molar-refractivity contribution in [1.29, 1.82) is 0 Å². The third-order valence-corrected chi connectivity index (χ3v) is 4.56. The molecule has 0 aliphatic carbocycles. The third-order valence-electron chi connectivity index (χ3n) is 3.54. The van der Waals surface area contributed by atoms with Crippen LogP contribution >= 0.6 is 11.3 Å². The van der Waals surface area contributed by atoms with Gasteiger partial charge in [0.25, 0.3) is 5.91 Å². The molecule has 0 saturated carbocycles. The monoisotopic (exact) mass is 326 g/mol. The molecule has 23 heavy (non-hydrogen) atoms. The lowest BCUT2D eigenvalue weighted by atomic mass is 10.1. The van der Waals surface area contributed by atoms with Gasteiger partial charge in [0.2, 0.25) is 0 Å². The van der Waals surface area contributed by atoms with Crippen molar-refractivity contribution < 1.29 is 9.53 Å². The summed E-state index contributed by atoms with van der Waals surface area (Å²) in [6.45, 7) is 1.01. The molecule has 2 aromatic carbocycles. The number of aromatic nitrogens is 1. The van der Waals surface area contributed by atoms with Crippen molar-refractivity contribution in [2.24, 2.45) is 0 Å². The fourth-order valence-corrected chi connectivity index (χ4v) is 3.46. The fourth-order valence-electron chi connectivity index (χ4n) is 2.44. The molecular weight excluding hydrogens is 308 g/mol. The standard InChI is InChI=1S/C18H18N2O2S/c1-20(11-17-19-15-8-3-4-9-16(15)23-17)18(21)14-7-5-6-13(10-14)12-22-2/h3-10H,11-12H2,1-2H3. The van der Waals surface area contributed by atoms with Gasteiger partial charge in [-0.05, 0) is 29.8 Å². The number of hydrogen-bond acceptors (Lipinski definition) is 4. The Labute approximate surface area is 139 Å². The van der Waals surface area contributed by atoms with E-state index < -0.39 is 0 Å². The second-order valence-corrected chi connectivity index (χ2v) is 6.49. The number of fused-ring (bicyclic) bond motifs is 1. The van der Waals surface area contributed by atoms with E-state index in [9.17, 15) is 4.79 Å². The van der Waals surface area contributed by atoms with Crippen molar-refractivity contribution in [2.75, 3.05) is 14.2 Å². The summed E-state index contributed by atoms with van der Waals surface area (Å²) in [7, 11) is 3.45. The van der Waals surface area contributed by atoms with Gasteiger partial charge in [-0.1, -0.05) is 24.3 Å². The highest BCUT2D eigenvalue weighted by atomic mass is 32.1. The Kier molecular flexibility index (Phi) is 4.69. The summed E-state index contributed by atoms with van der Waals surface area (Å²) in [6.07, 6.45) is 0. The maximum absolute atomic E-state index is 12.6. The van der Waals surface area contributed by atoms with Crippen molar-refractivity contribution in [3.63, 3.8) is 0 Å². The van der Waals surface area contributed by atoms with Crippen LogP contribution in [0.1, 0.15) is 20.9 Å². The Morgan fingerprint density at radius 2 is 2.04 bits per heavy atom. The number of para-hydroxylation sites is 1. The number of amides is 1. The first kappa shape index (κ1) is 15.6. The topological polar surface area (TPSA) is 42.4 Å². The van der Waals surface area contributed by atoms with Crippen LogP contribution in [0, 0.1) is 0 Å². The molecule has 1 aromatic heterocycles. The molecule has 3 aromatic rings. The largest absolute Gasteiger partial charge is 0.380 e. The zero-order valence-corrected chi connectivity index (χ0v) is 14.0. The average Bonchev–Trinajstić information content (AvgIpc) is 2.97. The van der Waals surface area contributed by atoms with Crippen molar-refractivity contribution in [1.82, 2.24) is 9.88 Å². The number of thiazole rings is 1. The summed E-state index contributed by atoms with van der Waals surface area (Å²) in [4.78, 5) is 18.9. The molecule has 0 radical (unpaired) electrons. The number of benzene rings is 2. The maximum Gasteiger partial charge on any atom is 0.253 e. The van der Waals surface area contributed by atoms with Crippen LogP contribution in [0.2, 0.25) is 0 Å². The molecule has 1 amide bonds. The molecule has 0 atom stereocenters. The lowest BCUT2D eigenvalue weighted by molar-refractivity contribution is 0.0784. The van der Waals surface area contributed by atoms with Crippen LogP contribution in [0.15, 0.2) is 48.5 Å². The van der Waals surface area contributed by atoms with Crippen LogP contribution in [0.4, 0.5) is 0 Å². The normalized spacial score (nSPS) is 10.9. The second-order valence-electron chi connectivity index (χ2n) is 5.37. The van der Waals surface area contributed by atoms with E-state index in [1.54, 1.807) is 30.4 Å². The highest BCUT2D eigenvalue weighted by Crippen LogP contribution is 2.22. The van der Waals surface area contributed by atoms with Crippen molar-refractivity contribution in [3.8, 4) is 0 Å². The van der Waals surface area contributed by atoms with Gasteiger partial charge in [-0.25, -0.2) is 4.98 Å². The lowest BCUT2D eigenvalue weighted by Gasteiger charge is -2.16. The first-order valence-corrected chi connectivity index (χ1v) is 8.17. The van der Waals surface area contributed by atoms with Crippen LogP contribution in [0.3, 0.4) is 0 Å². The minimum atomic E-state index is -0.0118. The molecule has 0 aliphatic heterocycles. The van der Waals surface area contributed by atoms with E-state index in [4.69, 9.17) is 4.74 Å². The summed E-state index contributed by atoms with van der Waals surface area (Å²) in [5.74, 6) is -0.0118. The molecule has 0 unspecified atom stereocenters. The number of carbonyl (C=O) groups excluding carboxylic acids is 1. The third kappa shape index (κ3) is 3.57. The zero-order chi connectivity index (χ0) is 16.2. The molecule has 0 saturated heterocycles. The summed E-state index contributed by atoms with van der Waals surface area (Å²) >= 11 is 1.62. The summed E-state index contributed by atoms with van der Waals surface area (Å²) in [5, 5.41) is 0.940. The Morgan fingerprint density at radius 3 is 2.83 bits per heavy atom. The van der Waals surface area contributed by atoms with E-state index in [1.165, 1.54) is 0 Å². The first-order chi connectivity index (χ1) is 11.2. The Balaban J connectivity index is 1.75. The van der Waals surface area contributed by atoms with Gasteiger partial charge in [-0.3, -0.25) is 4.79 Å². The van der Waals surface area contributed by atoms with Crippen molar-refractivity contribution in [2.45, 2.75) is 13.2 Å². The maximum atomic E-state index is 12.6.